The Bertz CT molecular complexity index is 537. The fourth-order valence-corrected chi connectivity index (χ4v) is 2.08. The normalized spacial score (nSPS) is 10.5. The van der Waals surface area contributed by atoms with Gasteiger partial charge in [-0.25, -0.2) is 9.59 Å². The number of hydrogen-bond donors (Lipinski definition) is 1. The molecule has 0 unspecified atom stereocenters. The van der Waals surface area contributed by atoms with Crippen LogP contribution in [-0.4, -0.2) is 24.8 Å². The van der Waals surface area contributed by atoms with Gasteiger partial charge in [0.25, 0.3) is 0 Å². The number of nitrogens with zero attached hydrogens (tertiary/aromatic N) is 1. The van der Waals surface area contributed by atoms with Crippen LogP contribution in [0.5, 0.6) is 0 Å². The van der Waals surface area contributed by atoms with Gasteiger partial charge in [0.2, 0.25) is 0 Å². The Kier molecular flexibility index (Phi) is 4.51. The van der Waals surface area contributed by atoms with Crippen molar-refractivity contribution in [3.8, 4) is 6.07 Å². The van der Waals surface area contributed by atoms with Crippen LogP contribution in [0.2, 0.25) is 0 Å². The Labute approximate surface area is 114 Å². The Morgan fingerprint density at radius 3 is 2.53 bits per heavy atom. The quantitative estimate of drug-likeness (QED) is 0.842. The monoisotopic (exact) mass is 282 g/mol. The third-order valence-corrected chi connectivity index (χ3v) is 2.88. The second-order valence-corrected chi connectivity index (χ2v) is 5.64. The molecule has 0 saturated heterocycles. The molecule has 0 aliphatic carbocycles. The average Bonchev–Trinajstić information content (AvgIpc) is 2.68. The molecule has 0 bridgehead atoms. The molecule has 1 heterocycles. The van der Waals surface area contributed by atoms with Crippen LogP contribution in [0.1, 0.15) is 36.0 Å². The summed E-state index contributed by atoms with van der Waals surface area (Å²) >= 11 is 0.962. The Balaban J connectivity index is 2.90. The van der Waals surface area contributed by atoms with Crippen molar-refractivity contribution in [3.63, 3.8) is 0 Å². The van der Waals surface area contributed by atoms with Crippen LogP contribution >= 0.6 is 11.3 Å². The molecule has 0 fully saturated rings. The Morgan fingerprint density at radius 2 is 2.05 bits per heavy atom. The van der Waals surface area contributed by atoms with Crippen LogP contribution in [0.4, 0.5) is 9.80 Å². The maximum Gasteiger partial charge on any atom is 0.412 e. The van der Waals surface area contributed by atoms with Crippen LogP contribution in [0, 0.1) is 11.3 Å². The van der Waals surface area contributed by atoms with E-state index in [-0.39, 0.29) is 15.4 Å². The second kappa shape index (κ2) is 5.71. The van der Waals surface area contributed by atoms with Gasteiger partial charge >= 0.3 is 12.1 Å². The molecule has 0 saturated carbocycles. The molecular formula is C12H14N2O4S. The number of carbonyl (C=O) groups is 2. The minimum absolute atomic E-state index is 0.191. The van der Waals surface area contributed by atoms with E-state index in [0.717, 1.165) is 11.3 Å². The van der Waals surface area contributed by atoms with Crippen molar-refractivity contribution in [1.82, 2.24) is 0 Å². The summed E-state index contributed by atoms with van der Waals surface area (Å²) in [6.45, 7) is 5.18. The van der Waals surface area contributed by atoms with E-state index in [2.05, 4.69) is 10.1 Å². The fraction of sp³-hybridized carbons (Fsp3) is 0.417. The number of nitrogens with one attached hydrogen (secondary N) is 1. The van der Waals surface area contributed by atoms with E-state index in [1.54, 1.807) is 20.8 Å². The lowest BCUT2D eigenvalue weighted by Crippen LogP contribution is -2.27. The topological polar surface area (TPSA) is 88.4 Å². The number of amides is 1. The molecule has 0 radical (unpaired) electrons. The van der Waals surface area contributed by atoms with Crippen LogP contribution in [-0.2, 0) is 9.47 Å². The molecule has 0 atom stereocenters. The largest absolute Gasteiger partial charge is 0.465 e. The number of esters is 1. The smallest absolute Gasteiger partial charge is 0.412 e. The molecule has 7 heteroatoms. The summed E-state index contributed by atoms with van der Waals surface area (Å²) in [7, 11) is 1.25. The molecule has 6 nitrogen and oxygen atoms in total. The summed E-state index contributed by atoms with van der Waals surface area (Å²) in [6, 6.07) is 3.26. The number of carbonyl (C=O) groups excluding carboxylic acids is 2. The molecule has 1 N–H and O–H groups in total. The number of thiophene rings is 1. The maximum atomic E-state index is 11.6. The zero-order valence-corrected chi connectivity index (χ0v) is 11.9. The molecule has 1 amide bonds. The van der Waals surface area contributed by atoms with Crippen molar-refractivity contribution in [3.05, 3.63) is 16.5 Å². The van der Waals surface area contributed by atoms with Gasteiger partial charge in [-0.3, -0.25) is 5.32 Å². The third kappa shape index (κ3) is 4.26. The maximum absolute atomic E-state index is 11.6. The number of hydrogen-bond acceptors (Lipinski definition) is 6. The van der Waals surface area contributed by atoms with Crippen molar-refractivity contribution < 1.29 is 19.1 Å². The molecule has 0 aliphatic rings. The van der Waals surface area contributed by atoms with Crippen LogP contribution in [0.3, 0.4) is 0 Å². The zero-order valence-electron chi connectivity index (χ0n) is 11.1. The molecule has 1 aromatic rings. The predicted molar refractivity (Wildman–Crippen MR) is 70.2 cm³/mol. The number of anilines is 1. The first kappa shape index (κ1) is 15.0. The van der Waals surface area contributed by atoms with Gasteiger partial charge in [0.1, 0.15) is 21.5 Å². The summed E-state index contributed by atoms with van der Waals surface area (Å²) in [5, 5.41) is 11.6. The summed E-state index contributed by atoms with van der Waals surface area (Å²) in [5.41, 5.74) is -0.449. The van der Waals surface area contributed by atoms with Gasteiger partial charge in [-0.05, 0) is 26.8 Å². The number of nitriles is 1. The van der Waals surface area contributed by atoms with E-state index >= 15 is 0 Å². The Morgan fingerprint density at radius 1 is 1.42 bits per heavy atom. The summed E-state index contributed by atoms with van der Waals surface area (Å²) in [6.07, 6.45) is -0.678. The predicted octanol–water partition coefficient (Wildman–Crippen LogP) is 2.75. The minimum atomic E-state index is -0.678. The summed E-state index contributed by atoms with van der Waals surface area (Å²) < 4.78 is 9.62. The van der Waals surface area contributed by atoms with E-state index in [1.165, 1.54) is 13.2 Å². The third-order valence-electron chi connectivity index (χ3n) is 1.85. The van der Waals surface area contributed by atoms with E-state index in [9.17, 15) is 9.59 Å². The summed E-state index contributed by atoms with van der Waals surface area (Å²) in [5.74, 6) is -0.557. The van der Waals surface area contributed by atoms with E-state index in [1.807, 2.05) is 6.07 Å². The van der Waals surface area contributed by atoms with Crippen molar-refractivity contribution in [2.75, 3.05) is 12.4 Å². The van der Waals surface area contributed by atoms with Crippen LogP contribution in [0.25, 0.3) is 0 Å². The van der Waals surface area contributed by atoms with Crippen molar-refractivity contribution in [2.45, 2.75) is 26.4 Å². The molecule has 1 aromatic heterocycles. The van der Waals surface area contributed by atoms with Crippen molar-refractivity contribution >= 4 is 28.4 Å². The van der Waals surface area contributed by atoms with Gasteiger partial charge in [-0.15, -0.1) is 11.3 Å². The molecule has 0 aromatic carbocycles. The van der Waals surface area contributed by atoms with Crippen LogP contribution < -0.4 is 5.32 Å². The molecule has 0 aliphatic heterocycles. The average molecular weight is 282 g/mol. The summed E-state index contributed by atoms with van der Waals surface area (Å²) in [4.78, 5) is 23.2. The van der Waals surface area contributed by atoms with Crippen molar-refractivity contribution in [1.29, 1.82) is 5.26 Å². The van der Waals surface area contributed by atoms with Gasteiger partial charge in [0, 0.05) is 0 Å². The van der Waals surface area contributed by atoms with E-state index in [4.69, 9.17) is 10.00 Å². The number of rotatable bonds is 2. The van der Waals surface area contributed by atoms with Gasteiger partial charge in [-0.1, -0.05) is 0 Å². The molecular weight excluding hydrogens is 268 g/mol. The highest BCUT2D eigenvalue weighted by atomic mass is 32.1. The zero-order chi connectivity index (χ0) is 14.6. The van der Waals surface area contributed by atoms with E-state index < -0.39 is 17.7 Å². The number of ether oxygens (including phenoxy) is 2. The van der Waals surface area contributed by atoms with Gasteiger partial charge in [0.15, 0.2) is 0 Å². The first-order valence-electron chi connectivity index (χ1n) is 5.39. The van der Waals surface area contributed by atoms with Crippen molar-refractivity contribution in [2.24, 2.45) is 0 Å². The highest BCUT2D eigenvalue weighted by Crippen LogP contribution is 2.28. The first-order valence-corrected chi connectivity index (χ1v) is 6.20. The van der Waals surface area contributed by atoms with Gasteiger partial charge in [-0.2, -0.15) is 5.26 Å². The van der Waals surface area contributed by atoms with E-state index in [0.29, 0.717) is 0 Å². The number of methoxy groups -OCH3 is 1. The van der Waals surface area contributed by atoms with Gasteiger partial charge < -0.3 is 9.47 Å². The van der Waals surface area contributed by atoms with Crippen LogP contribution in [0.15, 0.2) is 6.07 Å². The molecule has 19 heavy (non-hydrogen) atoms. The second-order valence-electron chi connectivity index (χ2n) is 4.58. The lowest BCUT2D eigenvalue weighted by Gasteiger charge is -2.19. The lowest BCUT2D eigenvalue weighted by molar-refractivity contribution is 0.0603. The first-order chi connectivity index (χ1) is 8.76. The fourth-order valence-electron chi connectivity index (χ4n) is 1.16. The molecule has 0 spiro atoms. The highest BCUT2D eigenvalue weighted by molar-refractivity contribution is 7.18. The molecule has 102 valence electrons. The molecule has 1 rings (SSSR count). The highest BCUT2D eigenvalue weighted by Gasteiger charge is 2.20. The standard InChI is InChI=1S/C12H14N2O4S/c1-12(2,3)18-11(16)14-9-7(6-13)5-8(19-9)10(15)17-4/h5H,1-4H3,(H,14,16). The minimum Gasteiger partial charge on any atom is -0.465 e. The Hall–Kier alpha value is -2.07. The van der Waals surface area contributed by atoms with Gasteiger partial charge in [0.05, 0.1) is 12.7 Å². The lowest BCUT2D eigenvalue weighted by atomic mass is 10.2. The SMILES string of the molecule is COC(=O)c1cc(C#N)c(NC(=O)OC(C)(C)C)s1.